The molecule has 0 aromatic rings. The average Bonchev–Trinajstić information content (AvgIpc) is 2.50. The van der Waals surface area contributed by atoms with E-state index in [1.807, 2.05) is 13.8 Å². The Bertz CT molecular complexity index is 400. The van der Waals surface area contributed by atoms with Crippen LogP contribution in [0.4, 0.5) is 0 Å². The van der Waals surface area contributed by atoms with E-state index in [1.165, 1.54) is 12.2 Å². The van der Waals surface area contributed by atoms with Crippen molar-refractivity contribution in [3.05, 3.63) is 23.5 Å². The molecule has 6 nitrogen and oxygen atoms in total. The highest BCUT2D eigenvalue weighted by molar-refractivity contribution is 8.76. The van der Waals surface area contributed by atoms with Crippen LogP contribution in [0.5, 0.6) is 0 Å². The van der Waals surface area contributed by atoms with Crippen molar-refractivity contribution in [3.63, 3.8) is 0 Å². The summed E-state index contributed by atoms with van der Waals surface area (Å²) in [5.41, 5.74) is 1.61. The summed E-state index contributed by atoms with van der Waals surface area (Å²) in [6.45, 7) is 9.60. The molecule has 0 aliphatic rings. The summed E-state index contributed by atoms with van der Waals surface area (Å²) >= 11 is 0. The van der Waals surface area contributed by atoms with Gasteiger partial charge in [-0.2, -0.15) is 0 Å². The summed E-state index contributed by atoms with van der Waals surface area (Å²) in [6.07, 6.45) is 2.92. The Morgan fingerprint density at radius 1 is 0.833 bits per heavy atom. The molecule has 24 heavy (non-hydrogen) atoms. The van der Waals surface area contributed by atoms with E-state index in [1.54, 1.807) is 35.4 Å². The number of carbonyl (C=O) groups excluding carboxylic acids is 2. The largest absolute Gasteiger partial charge is 0.463 e. The number of ether oxygens (including phenoxy) is 2. The van der Waals surface area contributed by atoms with Gasteiger partial charge in [0.05, 0.1) is 13.2 Å². The van der Waals surface area contributed by atoms with Gasteiger partial charge in [0.25, 0.3) is 0 Å². The summed E-state index contributed by atoms with van der Waals surface area (Å²) in [5, 5.41) is 6.33. The molecule has 0 unspecified atom stereocenters. The van der Waals surface area contributed by atoms with Crippen LogP contribution in [0.15, 0.2) is 23.5 Å². The summed E-state index contributed by atoms with van der Waals surface area (Å²) < 4.78 is 9.67. The topological polar surface area (TPSA) is 76.7 Å². The van der Waals surface area contributed by atoms with Crippen molar-refractivity contribution in [2.45, 2.75) is 27.7 Å². The normalized spacial score (nSPS) is 11.8. The second-order valence-corrected chi connectivity index (χ2v) is 7.36. The monoisotopic (exact) mass is 376 g/mol. The molecule has 0 atom stereocenters. The fourth-order valence-electron chi connectivity index (χ4n) is 1.52. The maximum Gasteiger partial charge on any atom is 0.332 e. The number of allylic oxidation sites excluding steroid dienone is 2. The standard InChI is InChI=1S/C16H28N2O4S2/c1-5-21-15(19)11-13(3)17-7-9-23-24-10-8-18-14(4)12-16(20)22-6-2/h11-12,17-18H,5-10H2,1-4H3/b13-11+,14-12+. The second kappa shape index (κ2) is 15.3. The molecular weight excluding hydrogens is 348 g/mol. The SMILES string of the molecule is CCOC(=O)/C=C(\C)NCCSSCCN/C(C)=C/C(=O)OCC. The van der Waals surface area contributed by atoms with Gasteiger partial charge in [0.2, 0.25) is 0 Å². The predicted octanol–water partition coefficient (Wildman–Crippen LogP) is 2.48. The zero-order chi connectivity index (χ0) is 18.2. The van der Waals surface area contributed by atoms with Crippen LogP contribution in [0, 0.1) is 0 Å². The fourth-order valence-corrected chi connectivity index (χ4v) is 3.33. The molecule has 0 rings (SSSR count). The van der Waals surface area contributed by atoms with Crippen molar-refractivity contribution in [2.75, 3.05) is 37.8 Å². The number of carbonyl (C=O) groups is 2. The third kappa shape index (κ3) is 14.3. The van der Waals surface area contributed by atoms with Crippen LogP contribution in [0.2, 0.25) is 0 Å². The zero-order valence-corrected chi connectivity index (χ0v) is 16.5. The van der Waals surface area contributed by atoms with E-state index in [0.29, 0.717) is 13.2 Å². The van der Waals surface area contributed by atoms with Gasteiger partial charge in [0.15, 0.2) is 0 Å². The van der Waals surface area contributed by atoms with Gasteiger partial charge in [0.1, 0.15) is 0 Å². The van der Waals surface area contributed by atoms with Crippen LogP contribution in [0.1, 0.15) is 27.7 Å². The molecule has 8 heteroatoms. The quantitative estimate of drug-likeness (QED) is 0.220. The van der Waals surface area contributed by atoms with Gasteiger partial charge in [-0.05, 0) is 27.7 Å². The third-order valence-corrected chi connectivity index (χ3v) is 4.91. The van der Waals surface area contributed by atoms with E-state index in [0.717, 1.165) is 36.0 Å². The van der Waals surface area contributed by atoms with E-state index in [4.69, 9.17) is 9.47 Å². The first kappa shape index (κ1) is 22.7. The van der Waals surface area contributed by atoms with Crippen molar-refractivity contribution in [1.29, 1.82) is 0 Å². The number of nitrogens with one attached hydrogen (secondary N) is 2. The van der Waals surface area contributed by atoms with Crippen LogP contribution in [-0.4, -0.2) is 49.7 Å². The van der Waals surface area contributed by atoms with Crippen LogP contribution < -0.4 is 10.6 Å². The molecule has 0 spiro atoms. The lowest BCUT2D eigenvalue weighted by atomic mass is 10.4. The molecule has 0 heterocycles. The number of hydrogen-bond donors (Lipinski definition) is 2. The number of hydrogen-bond acceptors (Lipinski definition) is 8. The minimum absolute atomic E-state index is 0.318. The Balaban J connectivity index is 3.61. The average molecular weight is 377 g/mol. The van der Waals surface area contributed by atoms with Crippen molar-refractivity contribution >= 4 is 33.5 Å². The van der Waals surface area contributed by atoms with E-state index in [9.17, 15) is 9.59 Å². The van der Waals surface area contributed by atoms with Gasteiger partial charge >= 0.3 is 11.9 Å². The van der Waals surface area contributed by atoms with Crippen LogP contribution in [0.3, 0.4) is 0 Å². The van der Waals surface area contributed by atoms with Crippen LogP contribution >= 0.6 is 21.6 Å². The maximum atomic E-state index is 11.2. The Kier molecular flexibility index (Phi) is 14.4. The summed E-state index contributed by atoms with van der Waals surface area (Å²) in [7, 11) is 3.52. The Hall–Kier alpha value is -1.28. The molecule has 0 aromatic carbocycles. The van der Waals surface area contributed by atoms with Gasteiger partial charge < -0.3 is 20.1 Å². The van der Waals surface area contributed by atoms with Crippen LogP contribution in [0.25, 0.3) is 0 Å². The second-order valence-electron chi connectivity index (χ2n) is 4.66. The highest BCUT2D eigenvalue weighted by atomic mass is 33.1. The van der Waals surface area contributed by atoms with Crippen molar-refractivity contribution in [3.8, 4) is 0 Å². The first-order chi connectivity index (χ1) is 11.5. The zero-order valence-electron chi connectivity index (χ0n) is 14.8. The van der Waals surface area contributed by atoms with Gasteiger partial charge in [-0.3, -0.25) is 0 Å². The van der Waals surface area contributed by atoms with Gasteiger partial charge in [-0.1, -0.05) is 21.6 Å². The molecular formula is C16H28N2O4S2. The summed E-state index contributed by atoms with van der Waals surface area (Å²) in [6, 6.07) is 0. The minimum atomic E-state index is -0.318. The van der Waals surface area contributed by atoms with Crippen molar-refractivity contribution < 1.29 is 19.1 Å². The first-order valence-corrected chi connectivity index (χ1v) is 10.4. The Morgan fingerprint density at radius 2 is 1.21 bits per heavy atom. The molecule has 0 aliphatic heterocycles. The first-order valence-electron chi connectivity index (χ1n) is 7.91. The van der Waals surface area contributed by atoms with Crippen LogP contribution in [-0.2, 0) is 19.1 Å². The lowest BCUT2D eigenvalue weighted by Gasteiger charge is -2.07. The Morgan fingerprint density at radius 3 is 1.54 bits per heavy atom. The lowest BCUT2D eigenvalue weighted by Crippen LogP contribution is -2.17. The van der Waals surface area contributed by atoms with E-state index in [2.05, 4.69) is 10.6 Å². The summed E-state index contributed by atoms with van der Waals surface area (Å²) in [5.74, 6) is 1.22. The smallest absolute Gasteiger partial charge is 0.332 e. The minimum Gasteiger partial charge on any atom is -0.463 e. The van der Waals surface area contributed by atoms with Crippen molar-refractivity contribution in [1.82, 2.24) is 10.6 Å². The van der Waals surface area contributed by atoms with E-state index < -0.39 is 0 Å². The Labute approximate surface area is 152 Å². The lowest BCUT2D eigenvalue weighted by molar-refractivity contribution is -0.138. The molecule has 0 aromatic heterocycles. The number of rotatable bonds is 13. The molecule has 0 saturated heterocycles. The van der Waals surface area contributed by atoms with Gasteiger partial charge in [0, 0.05) is 48.1 Å². The van der Waals surface area contributed by atoms with Gasteiger partial charge in [-0.15, -0.1) is 0 Å². The highest BCUT2D eigenvalue weighted by Gasteiger charge is 1.99. The van der Waals surface area contributed by atoms with E-state index in [-0.39, 0.29) is 11.9 Å². The molecule has 0 aliphatic carbocycles. The highest BCUT2D eigenvalue weighted by Crippen LogP contribution is 2.19. The molecule has 2 N–H and O–H groups in total. The maximum absolute atomic E-state index is 11.2. The molecule has 0 amide bonds. The van der Waals surface area contributed by atoms with Crippen molar-refractivity contribution in [2.24, 2.45) is 0 Å². The molecule has 0 bridgehead atoms. The van der Waals surface area contributed by atoms with Gasteiger partial charge in [-0.25, -0.2) is 9.59 Å². The molecule has 0 saturated carbocycles. The molecule has 138 valence electrons. The molecule has 0 fully saturated rings. The predicted molar refractivity (Wildman–Crippen MR) is 102 cm³/mol. The molecule has 0 radical (unpaired) electrons. The number of esters is 2. The van der Waals surface area contributed by atoms with E-state index >= 15 is 0 Å². The summed E-state index contributed by atoms with van der Waals surface area (Å²) in [4.78, 5) is 22.5. The third-order valence-electron chi connectivity index (χ3n) is 2.50. The fraction of sp³-hybridized carbons (Fsp3) is 0.625.